The maximum atomic E-state index is 12.1. The summed E-state index contributed by atoms with van der Waals surface area (Å²) in [4.78, 5) is 0. The fourth-order valence-electron chi connectivity index (χ4n) is 4.26. The van der Waals surface area contributed by atoms with Crippen LogP contribution in [0.1, 0.15) is 136 Å². The summed E-state index contributed by atoms with van der Waals surface area (Å²) in [5.74, 6) is 0.641. The van der Waals surface area contributed by atoms with Crippen LogP contribution in [0.3, 0.4) is 0 Å². The van der Waals surface area contributed by atoms with Crippen LogP contribution in [0.5, 0.6) is 0 Å². The molecule has 0 amide bonds. The van der Waals surface area contributed by atoms with Crippen molar-refractivity contribution >= 4 is 0 Å². The molecule has 27 heavy (non-hydrogen) atoms. The molecule has 0 aromatic carbocycles. The Kier molecular flexibility index (Phi) is 19.2. The molecule has 0 aromatic rings. The second-order valence-corrected chi connectivity index (χ2v) is 9.50. The maximum Gasteiger partial charge on any atom is 0.0808 e. The number of hydrogen-bond acceptors (Lipinski definition) is 1. The topological polar surface area (TPSA) is 23.1 Å². The van der Waals surface area contributed by atoms with Gasteiger partial charge in [-0.25, -0.2) is 0 Å². The second-order valence-electron chi connectivity index (χ2n) is 9.50. The third-order valence-corrected chi connectivity index (χ3v) is 5.88. The lowest BCUT2D eigenvalue weighted by Gasteiger charge is -2.37. The van der Waals surface area contributed by atoms with Gasteiger partial charge in [-0.2, -0.15) is 0 Å². The number of unbranched alkanes of at least 4 members (excludes halogenated alkanes) is 15. The van der Waals surface area contributed by atoms with Crippen LogP contribution in [0.25, 0.3) is 0 Å². The minimum Gasteiger partial charge on any atom is -0.633 e. The van der Waals surface area contributed by atoms with E-state index in [1.54, 1.807) is 0 Å². The van der Waals surface area contributed by atoms with Crippen molar-refractivity contribution in [1.29, 1.82) is 0 Å². The largest absolute Gasteiger partial charge is 0.633 e. The van der Waals surface area contributed by atoms with Crippen molar-refractivity contribution in [3.8, 4) is 0 Å². The van der Waals surface area contributed by atoms with Gasteiger partial charge in [0.25, 0.3) is 0 Å². The number of hydroxylamine groups is 3. The Labute approximate surface area is 172 Å². The normalized spacial score (nSPS) is 13.2. The first-order chi connectivity index (χ1) is 13.0. The molecule has 0 spiro atoms. The highest BCUT2D eigenvalue weighted by Gasteiger charge is 2.15. The number of quaternary nitrogens is 1. The summed E-state index contributed by atoms with van der Waals surface area (Å²) < 4.78 is -0.112. The highest BCUT2D eigenvalue weighted by atomic mass is 16.5. The van der Waals surface area contributed by atoms with Gasteiger partial charge in [0.05, 0.1) is 20.6 Å². The Bertz CT molecular complexity index is 285. The summed E-state index contributed by atoms with van der Waals surface area (Å²) in [7, 11) is 3.63. The average Bonchev–Trinajstić information content (AvgIpc) is 2.61. The van der Waals surface area contributed by atoms with Crippen LogP contribution in [-0.4, -0.2) is 25.3 Å². The molecule has 2 heteroatoms. The van der Waals surface area contributed by atoms with Gasteiger partial charge in [-0.05, 0) is 12.8 Å². The van der Waals surface area contributed by atoms with E-state index >= 15 is 0 Å². The highest BCUT2D eigenvalue weighted by Crippen LogP contribution is 2.21. The van der Waals surface area contributed by atoms with Crippen LogP contribution < -0.4 is 0 Å². The first-order valence-electron chi connectivity index (χ1n) is 12.5. The van der Waals surface area contributed by atoms with E-state index in [1.165, 1.54) is 122 Å². The number of rotatable bonds is 21. The lowest BCUT2D eigenvalue weighted by Crippen LogP contribution is -2.37. The Balaban J connectivity index is 3.73. The molecule has 0 fully saturated rings. The van der Waals surface area contributed by atoms with E-state index in [4.69, 9.17) is 0 Å². The molecule has 0 saturated heterocycles. The molecule has 0 radical (unpaired) electrons. The van der Waals surface area contributed by atoms with Gasteiger partial charge in [0, 0.05) is 5.92 Å². The molecule has 0 heterocycles. The van der Waals surface area contributed by atoms with Gasteiger partial charge in [-0.1, -0.05) is 123 Å². The van der Waals surface area contributed by atoms with Gasteiger partial charge in [-0.15, -0.1) is 0 Å². The molecule has 0 aliphatic heterocycles. The molecule has 1 unspecified atom stereocenters. The fraction of sp³-hybridized carbons (Fsp3) is 1.00. The fourth-order valence-corrected chi connectivity index (χ4v) is 4.26. The zero-order valence-electron chi connectivity index (χ0n) is 19.6. The molecule has 0 aliphatic carbocycles. The van der Waals surface area contributed by atoms with Crippen LogP contribution in [0, 0.1) is 11.1 Å². The maximum absolute atomic E-state index is 12.1. The van der Waals surface area contributed by atoms with Gasteiger partial charge in [0.1, 0.15) is 0 Å². The number of hydrogen-bond donors (Lipinski definition) is 0. The van der Waals surface area contributed by atoms with Gasteiger partial charge in [0.2, 0.25) is 0 Å². The van der Waals surface area contributed by atoms with Crippen LogP contribution in [0.2, 0.25) is 0 Å². The van der Waals surface area contributed by atoms with E-state index in [0.717, 1.165) is 6.54 Å². The van der Waals surface area contributed by atoms with Crippen molar-refractivity contribution in [3.05, 3.63) is 5.21 Å². The summed E-state index contributed by atoms with van der Waals surface area (Å²) in [5.41, 5.74) is 0. The van der Waals surface area contributed by atoms with Gasteiger partial charge in [0.15, 0.2) is 0 Å². The lowest BCUT2D eigenvalue weighted by atomic mass is 9.93. The Morgan fingerprint density at radius 3 is 1.11 bits per heavy atom. The molecule has 0 aliphatic rings. The smallest absolute Gasteiger partial charge is 0.0808 e. The molecular weight excluding hydrogens is 330 g/mol. The highest BCUT2D eigenvalue weighted by molar-refractivity contribution is 4.61. The molecule has 0 aromatic heterocycles. The zero-order valence-corrected chi connectivity index (χ0v) is 19.6. The van der Waals surface area contributed by atoms with E-state index in [1.807, 2.05) is 14.1 Å². The van der Waals surface area contributed by atoms with E-state index in [0.29, 0.717) is 5.92 Å². The van der Waals surface area contributed by atoms with Gasteiger partial charge in [-0.3, -0.25) is 0 Å². The van der Waals surface area contributed by atoms with Crippen molar-refractivity contribution in [3.63, 3.8) is 0 Å². The van der Waals surface area contributed by atoms with Gasteiger partial charge < -0.3 is 9.85 Å². The summed E-state index contributed by atoms with van der Waals surface area (Å²) in [6.45, 7) is 5.38. The minimum absolute atomic E-state index is 0.112. The van der Waals surface area contributed by atoms with E-state index < -0.39 is 0 Å². The molecule has 0 saturated carbocycles. The second kappa shape index (κ2) is 19.2. The van der Waals surface area contributed by atoms with Crippen LogP contribution in [0.4, 0.5) is 0 Å². The third kappa shape index (κ3) is 22.1. The quantitative estimate of drug-likeness (QED) is 0.110. The third-order valence-electron chi connectivity index (χ3n) is 5.88. The molecule has 164 valence electrons. The molecule has 0 bridgehead atoms. The van der Waals surface area contributed by atoms with E-state index in [2.05, 4.69) is 13.8 Å². The van der Waals surface area contributed by atoms with Crippen molar-refractivity contribution < 1.29 is 4.65 Å². The van der Waals surface area contributed by atoms with Crippen molar-refractivity contribution in [2.45, 2.75) is 136 Å². The van der Waals surface area contributed by atoms with Crippen molar-refractivity contribution in [2.75, 3.05) is 20.6 Å². The molecular formula is C25H53NO. The lowest BCUT2D eigenvalue weighted by molar-refractivity contribution is -0.843. The Morgan fingerprint density at radius 1 is 0.519 bits per heavy atom. The SMILES string of the molecule is CCCCCCCCCCCC(CCCCCCCCCC)C[N+](C)(C)[O-]. The molecule has 2 nitrogen and oxygen atoms in total. The van der Waals surface area contributed by atoms with Crippen molar-refractivity contribution in [1.82, 2.24) is 0 Å². The van der Waals surface area contributed by atoms with Gasteiger partial charge >= 0.3 is 0 Å². The zero-order chi connectivity index (χ0) is 20.2. The predicted molar refractivity (Wildman–Crippen MR) is 123 cm³/mol. The van der Waals surface area contributed by atoms with E-state index in [-0.39, 0.29) is 4.65 Å². The van der Waals surface area contributed by atoms with Crippen LogP contribution in [0.15, 0.2) is 0 Å². The Hall–Kier alpha value is -0.0800. The minimum atomic E-state index is -0.112. The summed E-state index contributed by atoms with van der Waals surface area (Å²) >= 11 is 0. The molecule has 0 N–H and O–H groups in total. The van der Waals surface area contributed by atoms with Crippen LogP contribution in [-0.2, 0) is 0 Å². The molecule has 1 atom stereocenters. The first kappa shape index (κ1) is 26.9. The summed E-state index contributed by atoms with van der Waals surface area (Å²) in [5, 5.41) is 12.1. The predicted octanol–water partition coefficient (Wildman–Crippen LogP) is 8.63. The average molecular weight is 384 g/mol. The Morgan fingerprint density at radius 2 is 0.815 bits per heavy atom. The number of nitrogens with zero attached hydrogens (tertiary/aromatic N) is 1. The van der Waals surface area contributed by atoms with Crippen LogP contribution >= 0.6 is 0 Å². The van der Waals surface area contributed by atoms with E-state index in [9.17, 15) is 5.21 Å². The monoisotopic (exact) mass is 383 g/mol. The first-order valence-corrected chi connectivity index (χ1v) is 12.5. The molecule has 0 rings (SSSR count). The standard InChI is InChI=1S/C25H53NO/c1-5-7-9-11-13-15-17-19-21-23-25(24-26(3,4)27)22-20-18-16-14-12-10-8-6-2/h25H,5-24H2,1-4H3. The summed E-state index contributed by atoms with van der Waals surface area (Å²) in [6, 6.07) is 0. The summed E-state index contributed by atoms with van der Waals surface area (Å²) in [6.07, 6.45) is 26.1. The van der Waals surface area contributed by atoms with Crippen molar-refractivity contribution in [2.24, 2.45) is 5.92 Å².